The lowest BCUT2D eigenvalue weighted by Crippen LogP contribution is -2.34. The number of ether oxygens (including phenoxy) is 1. The van der Waals surface area contributed by atoms with Crippen molar-refractivity contribution < 1.29 is 19.1 Å². The van der Waals surface area contributed by atoms with E-state index >= 15 is 0 Å². The van der Waals surface area contributed by atoms with Gasteiger partial charge < -0.3 is 10.1 Å². The van der Waals surface area contributed by atoms with E-state index in [1.807, 2.05) is 20.8 Å². The van der Waals surface area contributed by atoms with Crippen LogP contribution in [0.3, 0.4) is 0 Å². The maximum atomic E-state index is 11.9. The number of likely N-dealkylation sites (tertiary alicyclic amines) is 1. The van der Waals surface area contributed by atoms with Crippen LogP contribution in [0.2, 0.25) is 0 Å². The molecule has 1 atom stereocenters. The largest absolute Gasteiger partial charge is 0.379 e. The molecule has 1 aliphatic heterocycles. The summed E-state index contributed by atoms with van der Waals surface area (Å²) in [5.74, 6) is 0.00172. The van der Waals surface area contributed by atoms with Crippen LogP contribution in [0, 0.1) is 11.8 Å². The number of hydrogen-bond acceptors (Lipinski definition) is 4. The average Bonchev–Trinajstić information content (AvgIpc) is 2.71. The molecular weight excluding hydrogens is 272 g/mol. The summed E-state index contributed by atoms with van der Waals surface area (Å²) in [7, 11) is 0. The van der Waals surface area contributed by atoms with Gasteiger partial charge in [-0.15, -0.1) is 0 Å². The van der Waals surface area contributed by atoms with Gasteiger partial charge in [-0.3, -0.25) is 19.3 Å². The molecule has 0 bridgehead atoms. The summed E-state index contributed by atoms with van der Waals surface area (Å²) in [6, 6.07) is 0. The Balaban J connectivity index is 2.13. The molecule has 0 aliphatic carbocycles. The first-order valence-electron chi connectivity index (χ1n) is 7.64. The number of hydrogen-bond donors (Lipinski definition) is 1. The van der Waals surface area contributed by atoms with Gasteiger partial charge in [0.05, 0.1) is 19.8 Å². The van der Waals surface area contributed by atoms with Crippen molar-refractivity contribution in [2.24, 2.45) is 11.8 Å². The lowest BCUT2D eigenvalue weighted by molar-refractivity contribution is -0.140. The second kappa shape index (κ2) is 8.77. The van der Waals surface area contributed by atoms with E-state index in [2.05, 4.69) is 5.32 Å². The van der Waals surface area contributed by atoms with Crippen molar-refractivity contribution in [1.29, 1.82) is 0 Å². The third-order valence-corrected chi connectivity index (χ3v) is 3.47. The smallest absolute Gasteiger partial charge is 0.232 e. The van der Waals surface area contributed by atoms with E-state index in [1.165, 1.54) is 4.90 Å². The van der Waals surface area contributed by atoms with E-state index in [1.54, 1.807) is 0 Å². The molecule has 1 aliphatic rings. The van der Waals surface area contributed by atoms with Crippen molar-refractivity contribution >= 4 is 17.7 Å². The number of rotatable bonds is 9. The third-order valence-electron chi connectivity index (χ3n) is 3.47. The number of carbonyl (C=O) groups excluding carboxylic acids is 3. The molecule has 1 fully saturated rings. The lowest BCUT2D eigenvalue weighted by atomic mass is 10.1. The maximum Gasteiger partial charge on any atom is 0.232 e. The zero-order chi connectivity index (χ0) is 15.8. The summed E-state index contributed by atoms with van der Waals surface area (Å²) in [5.41, 5.74) is 0. The second-order valence-electron chi connectivity index (χ2n) is 5.75. The molecule has 0 aromatic heterocycles. The van der Waals surface area contributed by atoms with E-state index in [0.717, 1.165) is 0 Å². The zero-order valence-electron chi connectivity index (χ0n) is 13.2. The molecule has 0 aromatic rings. The first-order valence-corrected chi connectivity index (χ1v) is 7.64. The first kappa shape index (κ1) is 17.6. The quantitative estimate of drug-likeness (QED) is 0.508. The zero-order valence-corrected chi connectivity index (χ0v) is 13.2. The SMILES string of the molecule is CCC1CC(=O)N(CCOCCC(=O)NCC(C)C)C1=O. The minimum Gasteiger partial charge on any atom is -0.379 e. The van der Waals surface area contributed by atoms with Gasteiger partial charge in [-0.25, -0.2) is 0 Å². The highest BCUT2D eigenvalue weighted by molar-refractivity contribution is 6.03. The summed E-state index contributed by atoms with van der Waals surface area (Å²) >= 11 is 0. The fourth-order valence-corrected chi connectivity index (χ4v) is 2.13. The van der Waals surface area contributed by atoms with E-state index < -0.39 is 0 Å². The minimum absolute atomic E-state index is 0.0388. The number of imide groups is 1. The summed E-state index contributed by atoms with van der Waals surface area (Å²) in [6.45, 7) is 7.50. The van der Waals surface area contributed by atoms with Gasteiger partial charge in [0, 0.05) is 25.3 Å². The molecule has 6 heteroatoms. The minimum atomic E-state index is -0.167. The predicted molar refractivity (Wildman–Crippen MR) is 78.4 cm³/mol. The van der Waals surface area contributed by atoms with Crippen molar-refractivity contribution in [3.63, 3.8) is 0 Å². The Morgan fingerprint density at radius 2 is 2.10 bits per heavy atom. The molecule has 1 saturated heterocycles. The molecule has 6 nitrogen and oxygen atoms in total. The summed E-state index contributed by atoms with van der Waals surface area (Å²) in [5, 5.41) is 2.80. The Kier molecular flexibility index (Phi) is 7.36. The molecule has 21 heavy (non-hydrogen) atoms. The number of amides is 3. The summed E-state index contributed by atoms with van der Waals surface area (Å²) in [4.78, 5) is 36.2. The van der Waals surface area contributed by atoms with E-state index in [0.29, 0.717) is 38.3 Å². The van der Waals surface area contributed by atoms with Gasteiger partial charge in [0.25, 0.3) is 0 Å². The summed E-state index contributed by atoms with van der Waals surface area (Å²) < 4.78 is 5.33. The van der Waals surface area contributed by atoms with Crippen LogP contribution in [0.4, 0.5) is 0 Å². The van der Waals surface area contributed by atoms with Gasteiger partial charge in [-0.05, 0) is 12.3 Å². The van der Waals surface area contributed by atoms with Crippen LogP contribution >= 0.6 is 0 Å². The van der Waals surface area contributed by atoms with Crippen LogP contribution < -0.4 is 5.32 Å². The average molecular weight is 298 g/mol. The van der Waals surface area contributed by atoms with Crippen molar-refractivity contribution in [3.8, 4) is 0 Å². The van der Waals surface area contributed by atoms with Crippen molar-refractivity contribution in [1.82, 2.24) is 10.2 Å². The third kappa shape index (κ3) is 5.83. The molecule has 1 N–H and O–H groups in total. The molecule has 0 radical (unpaired) electrons. The molecule has 1 unspecified atom stereocenters. The number of carbonyl (C=O) groups is 3. The van der Waals surface area contributed by atoms with E-state index in [4.69, 9.17) is 4.74 Å². The fourth-order valence-electron chi connectivity index (χ4n) is 2.13. The van der Waals surface area contributed by atoms with Gasteiger partial charge in [0.1, 0.15) is 0 Å². The monoisotopic (exact) mass is 298 g/mol. The topological polar surface area (TPSA) is 75.7 Å². The highest BCUT2D eigenvalue weighted by Crippen LogP contribution is 2.21. The Morgan fingerprint density at radius 3 is 2.67 bits per heavy atom. The molecule has 0 saturated carbocycles. The van der Waals surface area contributed by atoms with Gasteiger partial charge in [-0.2, -0.15) is 0 Å². The van der Waals surface area contributed by atoms with Crippen molar-refractivity contribution in [3.05, 3.63) is 0 Å². The first-order chi connectivity index (χ1) is 9.95. The molecule has 3 amide bonds. The normalized spacial score (nSPS) is 18.7. The lowest BCUT2D eigenvalue weighted by Gasteiger charge is -2.14. The van der Waals surface area contributed by atoms with Crippen LogP contribution in [0.15, 0.2) is 0 Å². The van der Waals surface area contributed by atoms with Gasteiger partial charge in [0.2, 0.25) is 17.7 Å². The standard InChI is InChI=1S/C15H26N2O4/c1-4-12-9-14(19)17(15(12)20)6-8-21-7-5-13(18)16-10-11(2)3/h11-12H,4-10H2,1-3H3,(H,16,18). The molecule has 0 aromatic carbocycles. The Labute approximate surface area is 126 Å². The highest BCUT2D eigenvalue weighted by Gasteiger charge is 2.36. The predicted octanol–water partition coefficient (Wildman–Crippen LogP) is 0.950. The van der Waals surface area contributed by atoms with Crippen LogP contribution in [-0.2, 0) is 19.1 Å². The van der Waals surface area contributed by atoms with Gasteiger partial charge >= 0.3 is 0 Å². The van der Waals surface area contributed by atoms with Crippen molar-refractivity contribution in [2.75, 3.05) is 26.3 Å². The Morgan fingerprint density at radius 1 is 1.38 bits per heavy atom. The van der Waals surface area contributed by atoms with Crippen LogP contribution in [-0.4, -0.2) is 48.9 Å². The molecular formula is C15H26N2O4. The number of nitrogens with zero attached hydrogens (tertiary/aromatic N) is 1. The van der Waals surface area contributed by atoms with Gasteiger partial charge in [0.15, 0.2) is 0 Å². The fraction of sp³-hybridized carbons (Fsp3) is 0.800. The second-order valence-corrected chi connectivity index (χ2v) is 5.75. The van der Waals surface area contributed by atoms with E-state index in [-0.39, 0.29) is 36.8 Å². The van der Waals surface area contributed by atoms with Crippen LogP contribution in [0.1, 0.15) is 40.0 Å². The van der Waals surface area contributed by atoms with Gasteiger partial charge in [-0.1, -0.05) is 20.8 Å². The van der Waals surface area contributed by atoms with E-state index in [9.17, 15) is 14.4 Å². The Bertz CT molecular complexity index is 382. The molecule has 1 heterocycles. The Hall–Kier alpha value is -1.43. The number of nitrogens with one attached hydrogen (secondary N) is 1. The van der Waals surface area contributed by atoms with Crippen molar-refractivity contribution in [2.45, 2.75) is 40.0 Å². The summed E-state index contributed by atoms with van der Waals surface area (Å²) in [6.07, 6.45) is 1.30. The molecule has 0 spiro atoms. The van der Waals surface area contributed by atoms with Crippen LogP contribution in [0.5, 0.6) is 0 Å². The maximum absolute atomic E-state index is 11.9. The molecule has 1 rings (SSSR count). The van der Waals surface area contributed by atoms with Crippen LogP contribution in [0.25, 0.3) is 0 Å². The molecule has 120 valence electrons. The highest BCUT2D eigenvalue weighted by atomic mass is 16.5.